The summed E-state index contributed by atoms with van der Waals surface area (Å²) >= 11 is 6.20. The molecule has 0 bridgehead atoms. The quantitative estimate of drug-likeness (QED) is 0.795. The Balaban J connectivity index is 1.74. The first-order chi connectivity index (χ1) is 10.0. The molecule has 1 aromatic carbocycles. The Bertz CT molecular complexity index is 560. The molecule has 1 aromatic rings. The Hall–Kier alpha value is -0.770. The van der Waals surface area contributed by atoms with Gasteiger partial charge in [-0.1, -0.05) is 11.6 Å². The summed E-state index contributed by atoms with van der Waals surface area (Å²) in [6.45, 7) is 6.48. The van der Waals surface area contributed by atoms with E-state index in [1.165, 1.54) is 0 Å². The summed E-state index contributed by atoms with van der Waals surface area (Å²) in [7, 11) is 0. The molecule has 2 saturated heterocycles. The smallest absolute Gasteiger partial charge is 0.126 e. The third kappa shape index (κ3) is 2.26. The molecule has 0 saturated carbocycles. The maximum Gasteiger partial charge on any atom is 0.126 e. The van der Waals surface area contributed by atoms with E-state index in [1.54, 1.807) is 0 Å². The summed E-state index contributed by atoms with van der Waals surface area (Å²) in [4.78, 5) is 0. The van der Waals surface area contributed by atoms with E-state index in [9.17, 15) is 0 Å². The molecule has 4 heteroatoms. The molecule has 0 spiro atoms. The molecule has 4 atom stereocenters. The number of fused-ring (bicyclic) bond motifs is 4. The fourth-order valence-electron chi connectivity index (χ4n) is 4.18. The van der Waals surface area contributed by atoms with Gasteiger partial charge in [-0.2, -0.15) is 0 Å². The van der Waals surface area contributed by atoms with Crippen LogP contribution in [-0.2, 0) is 4.74 Å². The minimum Gasteiger partial charge on any atom is -0.487 e. The molecule has 3 heterocycles. The van der Waals surface area contributed by atoms with Crippen molar-refractivity contribution in [2.45, 2.75) is 44.5 Å². The maximum atomic E-state index is 6.53. The number of ether oxygens (including phenoxy) is 2. The fraction of sp³-hybridized carbons (Fsp3) is 0.647. The lowest BCUT2D eigenvalue weighted by atomic mass is 9.71. The van der Waals surface area contributed by atoms with Crippen LogP contribution in [0, 0.1) is 11.8 Å². The van der Waals surface area contributed by atoms with Gasteiger partial charge < -0.3 is 14.8 Å². The minimum atomic E-state index is -0.200. The molecule has 3 aliphatic heterocycles. The van der Waals surface area contributed by atoms with E-state index in [-0.39, 0.29) is 11.7 Å². The second-order valence-electron chi connectivity index (χ2n) is 7.08. The standard InChI is InChI=1S/C17H22ClNO2/c1-17(2)13-7-10-9-19-6-5-14(10)20-16(13)12-8-11(18)3-4-15(12)21-17/h3-4,8,10,13-14,16,19H,5-7,9H2,1-2H3/t10-,13+,14+,16-/m0/s1. The second kappa shape index (κ2) is 4.87. The van der Waals surface area contributed by atoms with Crippen molar-refractivity contribution in [3.8, 4) is 5.75 Å². The Labute approximate surface area is 131 Å². The summed E-state index contributed by atoms with van der Waals surface area (Å²) in [6, 6.07) is 5.89. The Morgan fingerprint density at radius 2 is 2.19 bits per heavy atom. The van der Waals surface area contributed by atoms with Crippen LogP contribution >= 0.6 is 11.6 Å². The summed E-state index contributed by atoms with van der Waals surface area (Å²) < 4.78 is 12.8. The van der Waals surface area contributed by atoms with Crippen LogP contribution in [0.3, 0.4) is 0 Å². The molecule has 0 aliphatic carbocycles. The molecule has 3 nitrogen and oxygen atoms in total. The molecule has 0 radical (unpaired) electrons. The molecule has 2 fully saturated rings. The third-order valence-electron chi connectivity index (χ3n) is 5.33. The van der Waals surface area contributed by atoms with Crippen LogP contribution in [0.4, 0.5) is 0 Å². The van der Waals surface area contributed by atoms with Crippen molar-refractivity contribution in [1.29, 1.82) is 0 Å². The first-order valence-corrected chi connectivity index (χ1v) is 8.27. The lowest BCUT2D eigenvalue weighted by molar-refractivity contribution is -0.178. The van der Waals surface area contributed by atoms with Crippen molar-refractivity contribution in [2.24, 2.45) is 11.8 Å². The molecule has 0 aromatic heterocycles. The molecule has 21 heavy (non-hydrogen) atoms. The van der Waals surface area contributed by atoms with Crippen LogP contribution in [0.5, 0.6) is 5.75 Å². The molecule has 0 amide bonds. The number of nitrogens with one attached hydrogen (secondary N) is 1. The lowest BCUT2D eigenvalue weighted by Gasteiger charge is -2.52. The monoisotopic (exact) mass is 307 g/mol. The van der Waals surface area contributed by atoms with Crippen LogP contribution < -0.4 is 10.1 Å². The number of hydrogen-bond donors (Lipinski definition) is 1. The average Bonchev–Trinajstić information content (AvgIpc) is 2.47. The van der Waals surface area contributed by atoms with Crippen molar-refractivity contribution in [3.63, 3.8) is 0 Å². The molecule has 0 unspecified atom stereocenters. The van der Waals surface area contributed by atoms with Crippen molar-refractivity contribution in [1.82, 2.24) is 5.32 Å². The van der Waals surface area contributed by atoms with Gasteiger partial charge in [-0.05, 0) is 57.4 Å². The van der Waals surface area contributed by atoms with Gasteiger partial charge in [-0.25, -0.2) is 0 Å². The van der Waals surface area contributed by atoms with Crippen LogP contribution in [0.25, 0.3) is 0 Å². The molecule has 114 valence electrons. The van der Waals surface area contributed by atoms with E-state index < -0.39 is 0 Å². The molecular weight excluding hydrogens is 286 g/mol. The second-order valence-corrected chi connectivity index (χ2v) is 7.51. The number of rotatable bonds is 0. The van der Waals surface area contributed by atoms with Gasteiger partial charge >= 0.3 is 0 Å². The van der Waals surface area contributed by atoms with Crippen molar-refractivity contribution in [2.75, 3.05) is 13.1 Å². The van der Waals surface area contributed by atoms with Crippen LogP contribution in [-0.4, -0.2) is 24.8 Å². The summed E-state index contributed by atoms with van der Waals surface area (Å²) in [6.07, 6.45) is 2.74. The summed E-state index contributed by atoms with van der Waals surface area (Å²) in [5.74, 6) is 1.91. The summed E-state index contributed by atoms with van der Waals surface area (Å²) in [5, 5.41) is 4.25. The zero-order valence-electron chi connectivity index (χ0n) is 12.6. The minimum absolute atomic E-state index is 0.113. The molecule has 3 aliphatic rings. The van der Waals surface area contributed by atoms with Crippen LogP contribution in [0.15, 0.2) is 18.2 Å². The number of benzene rings is 1. The third-order valence-corrected chi connectivity index (χ3v) is 5.56. The van der Waals surface area contributed by atoms with Crippen molar-refractivity contribution < 1.29 is 9.47 Å². The van der Waals surface area contributed by atoms with E-state index in [0.29, 0.717) is 17.9 Å². The highest BCUT2D eigenvalue weighted by atomic mass is 35.5. The normalized spacial score (nSPS) is 36.9. The van der Waals surface area contributed by atoms with E-state index in [1.807, 2.05) is 18.2 Å². The van der Waals surface area contributed by atoms with E-state index in [2.05, 4.69) is 19.2 Å². The van der Waals surface area contributed by atoms with Crippen molar-refractivity contribution >= 4 is 11.6 Å². The summed E-state index contributed by atoms with van der Waals surface area (Å²) in [5.41, 5.74) is 0.928. The highest BCUT2D eigenvalue weighted by Gasteiger charge is 2.50. The Morgan fingerprint density at radius 1 is 1.33 bits per heavy atom. The zero-order valence-corrected chi connectivity index (χ0v) is 13.3. The first-order valence-electron chi connectivity index (χ1n) is 7.89. The van der Waals surface area contributed by atoms with Gasteiger partial charge in [0.2, 0.25) is 0 Å². The predicted octanol–water partition coefficient (Wildman–Crippen LogP) is 3.57. The van der Waals surface area contributed by atoms with E-state index in [0.717, 1.165) is 42.3 Å². The first kappa shape index (κ1) is 13.9. The number of piperidine rings is 1. The SMILES string of the molecule is CC1(C)Oc2ccc(Cl)cc2[C@@H]2O[C@@H]3CCNC[C@@H]3C[C@H]21. The van der Waals surface area contributed by atoms with Gasteiger partial charge in [0.1, 0.15) is 11.4 Å². The zero-order chi connectivity index (χ0) is 14.6. The predicted molar refractivity (Wildman–Crippen MR) is 82.9 cm³/mol. The Morgan fingerprint density at radius 3 is 3.05 bits per heavy atom. The van der Waals surface area contributed by atoms with E-state index in [4.69, 9.17) is 21.1 Å². The van der Waals surface area contributed by atoms with E-state index >= 15 is 0 Å². The maximum absolute atomic E-state index is 6.53. The largest absolute Gasteiger partial charge is 0.487 e. The molecule has 4 rings (SSSR count). The van der Waals surface area contributed by atoms with Gasteiger partial charge in [-0.15, -0.1) is 0 Å². The van der Waals surface area contributed by atoms with Gasteiger partial charge in [-0.3, -0.25) is 0 Å². The number of halogens is 1. The van der Waals surface area contributed by atoms with Gasteiger partial charge in [0.15, 0.2) is 0 Å². The van der Waals surface area contributed by atoms with Crippen LogP contribution in [0.1, 0.15) is 38.4 Å². The number of hydrogen-bond acceptors (Lipinski definition) is 3. The highest BCUT2D eigenvalue weighted by Crippen LogP contribution is 2.52. The van der Waals surface area contributed by atoms with Gasteiger partial charge in [0.05, 0.1) is 12.2 Å². The van der Waals surface area contributed by atoms with Crippen LogP contribution in [0.2, 0.25) is 5.02 Å². The van der Waals surface area contributed by atoms with Crippen molar-refractivity contribution in [3.05, 3.63) is 28.8 Å². The van der Waals surface area contributed by atoms with Gasteiger partial charge in [0, 0.05) is 23.0 Å². The Kier molecular flexibility index (Phi) is 3.21. The topological polar surface area (TPSA) is 30.5 Å². The highest BCUT2D eigenvalue weighted by molar-refractivity contribution is 6.30. The molecule has 1 N–H and O–H groups in total. The molecular formula is C17H22ClNO2. The fourth-order valence-corrected chi connectivity index (χ4v) is 4.36. The lowest BCUT2D eigenvalue weighted by Crippen LogP contribution is -2.54. The average molecular weight is 308 g/mol. The van der Waals surface area contributed by atoms with Gasteiger partial charge in [0.25, 0.3) is 0 Å².